The SMILES string of the molecule is C=C(CC(C)C)NC[N+](=C)C#CN. The fourth-order valence-electron chi connectivity index (χ4n) is 0.903. The second-order valence-corrected chi connectivity index (χ2v) is 3.33. The monoisotopic (exact) mass is 180 g/mol. The highest BCUT2D eigenvalue weighted by atomic mass is 15.1. The lowest BCUT2D eigenvalue weighted by Crippen LogP contribution is -2.23. The van der Waals surface area contributed by atoms with E-state index < -0.39 is 0 Å². The van der Waals surface area contributed by atoms with E-state index in [1.54, 1.807) is 0 Å². The van der Waals surface area contributed by atoms with Crippen LogP contribution in [-0.2, 0) is 0 Å². The lowest BCUT2D eigenvalue weighted by Gasteiger charge is -2.07. The number of hydrogen-bond donors (Lipinski definition) is 2. The van der Waals surface area contributed by atoms with Crippen molar-refractivity contribution in [3.8, 4) is 12.1 Å². The highest BCUT2D eigenvalue weighted by molar-refractivity contribution is 5.16. The lowest BCUT2D eigenvalue weighted by molar-refractivity contribution is -0.431. The standard InChI is InChI=1S/C10H18N3/c1-9(2)7-10(3)12-8-13(4)6-5-11/h9,12H,3-4,7-8,11H2,1-2H3/q+1. The molecule has 0 rings (SSSR count). The molecule has 0 spiro atoms. The van der Waals surface area contributed by atoms with E-state index in [1.165, 1.54) is 4.58 Å². The van der Waals surface area contributed by atoms with Gasteiger partial charge in [0.1, 0.15) is 6.72 Å². The van der Waals surface area contributed by atoms with Gasteiger partial charge in [-0.05, 0) is 12.3 Å². The van der Waals surface area contributed by atoms with Crippen LogP contribution in [0.25, 0.3) is 0 Å². The minimum atomic E-state index is 0.551. The van der Waals surface area contributed by atoms with Crippen LogP contribution in [0.3, 0.4) is 0 Å². The summed E-state index contributed by atoms with van der Waals surface area (Å²) in [5.41, 5.74) is 6.03. The van der Waals surface area contributed by atoms with E-state index in [9.17, 15) is 0 Å². The van der Waals surface area contributed by atoms with Crippen LogP contribution in [0.15, 0.2) is 12.3 Å². The van der Waals surface area contributed by atoms with Crippen molar-refractivity contribution in [2.24, 2.45) is 11.7 Å². The van der Waals surface area contributed by atoms with Gasteiger partial charge in [-0.15, -0.1) is 4.58 Å². The van der Waals surface area contributed by atoms with Crippen LogP contribution >= 0.6 is 0 Å². The molecule has 0 saturated heterocycles. The largest absolute Gasteiger partial charge is 0.354 e. The minimum absolute atomic E-state index is 0.551. The number of nitrogens with one attached hydrogen (secondary N) is 1. The summed E-state index contributed by atoms with van der Waals surface area (Å²) in [5.74, 6) is 0.610. The van der Waals surface area contributed by atoms with E-state index in [0.29, 0.717) is 12.6 Å². The molecule has 13 heavy (non-hydrogen) atoms. The Bertz CT molecular complexity index is 243. The predicted octanol–water partition coefficient (Wildman–Crippen LogP) is 0.684. The molecular formula is C10H18N3+. The van der Waals surface area contributed by atoms with Gasteiger partial charge in [-0.25, -0.2) is 0 Å². The van der Waals surface area contributed by atoms with Crippen LogP contribution in [0.2, 0.25) is 0 Å². The molecule has 0 fully saturated rings. The number of allylic oxidation sites excluding steroid dienone is 1. The number of rotatable bonds is 5. The molecule has 0 aliphatic rings. The molecule has 3 heteroatoms. The first-order chi connectivity index (χ1) is 6.06. The molecule has 0 aromatic carbocycles. The summed E-state index contributed by atoms with van der Waals surface area (Å²) in [4.78, 5) is 0. The van der Waals surface area contributed by atoms with E-state index in [4.69, 9.17) is 5.73 Å². The van der Waals surface area contributed by atoms with Gasteiger partial charge in [0, 0.05) is 5.70 Å². The van der Waals surface area contributed by atoms with Gasteiger partial charge in [0.05, 0.1) is 6.04 Å². The molecule has 0 saturated carbocycles. The van der Waals surface area contributed by atoms with E-state index in [-0.39, 0.29) is 0 Å². The molecule has 0 aromatic heterocycles. The Labute approximate surface area is 80.3 Å². The van der Waals surface area contributed by atoms with Gasteiger partial charge in [0.2, 0.25) is 12.7 Å². The van der Waals surface area contributed by atoms with Crippen molar-refractivity contribution in [3.05, 3.63) is 12.3 Å². The van der Waals surface area contributed by atoms with Crippen LogP contribution in [0, 0.1) is 18.0 Å². The Kier molecular flexibility index (Phi) is 5.45. The third-order valence-electron chi connectivity index (χ3n) is 1.40. The van der Waals surface area contributed by atoms with Crippen molar-refractivity contribution in [2.75, 3.05) is 6.67 Å². The molecule has 3 nitrogen and oxygen atoms in total. The van der Waals surface area contributed by atoms with Crippen molar-refractivity contribution in [3.63, 3.8) is 0 Å². The third kappa shape index (κ3) is 6.95. The molecule has 3 N–H and O–H groups in total. The molecule has 0 aliphatic heterocycles. The number of nitrogens with two attached hydrogens (primary N) is 1. The smallest absolute Gasteiger partial charge is 0.246 e. The summed E-state index contributed by atoms with van der Waals surface area (Å²) < 4.78 is 1.53. The Balaban J connectivity index is 3.68. The van der Waals surface area contributed by atoms with Gasteiger partial charge in [-0.1, -0.05) is 20.4 Å². The molecule has 0 heterocycles. The normalized spacial score (nSPS) is 8.85. The van der Waals surface area contributed by atoms with E-state index in [1.807, 2.05) is 0 Å². The van der Waals surface area contributed by atoms with Crippen molar-refractivity contribution in [2.45, 2.75) is 20.3 Å². The summed E-state index contributed by atoms with van der Waals surface area (Å²) in [6.07, 6.45) is 0.962. The maximum Gasteiger partial charge on any atom is 0.246 e. The van der Waals surface area contributed by atoms with Crippen molar-refractivity contribution in [1.82, 2.24) is 5.32 Å². The summed E-state index contributed by atoms with van der Waals surface area (Å²) in [5, 5.41) is 3.11. The minimum Gasteiger partial charge on any atom is -0.354 e. The third-order valence-corrected chi connectivity index (χ3v) is 1.40. The van der Waals surface area contributed by atoms with E-state index >= 15 is 0 Å². The first-order valence-electron chi connectivity index (χ1n) is 4.27. The summed E-state index contributed by atoms with van der Waals surface area (Å²) >= 11 is 0. The van der Waals surface area contributed by atoms with Crippen LogP contribution in [-0.4, -0.2) is 18.0 Å². The number of nitrogens with zero attached hydrogens (tertiary/aromatic N) is 1. The Morgan fingerprint density at radius 1 is 1.62 bits per heavy atom. The van der Waals surface area contributed by atoms with Crippen LogP contribution < -0.4 is 11.1 Å². The molecular weight excluding hydrogens is 162 g/mol. The second-order valence-electron chi connectivity index (χ2n) is 3.33. The van der Waals surface area contributed by atoms with E-state index in [2.05, 4.69) is 44.5 Å². The maximum atomic E-state index is 5.02. The number of hydrogen-bond acceptors (Lipinski definition) is 2. The molecule has 72 valence electrons. The van der Waals surface area contributed by atoms with Crippen LogP contribution in [0.5, 0.6) is 0 Å². The summed E-state index contributed by atoms with van der Waals surface area (Å²) in [7, 11) is 0. The zero-order valence-corrected chi connectivity index (χ0v) is 8.43. The van der Waals surface area contributed by atoms with Crippen molar-refractivity contribution in [1.29, 1.82) is 0 Å². The lowest BCUT2D eigenvalue weighted by atomic mass is 10.1. The van der Waals surface area contributed by atoms with Gasteiger partial charge in [-0.2, -0.15) is 0 Å². The van der Waals surface area contributed by atoms with Gasteiger partial charge in [0.15, 0.2) is 0 Å². The molecule has 0 radical (unpaired) electrons. The summed E-state index contributed by atoms with van der Waals surface area (Å²) in [6.45, 7) is 12.4. The van der Waals surface area contributed by atoms with Crippen LogP contribution in [0.1, 0.15) is 20.3 Å². The first kappa shape index (κ1) is 11.6. The fourth-order valence-corrected chi connectivity index (χ4v) is 0.903. The van der Waals surface area contributed by atoms with Crippen LogP contribution in [0.4, 0.5) is 0 Å². The van der Waals surface area contributed by atoms with Crippen molar-refractivity contribution < 1.29 is 4.58 Å². The first-order valence-corrected chi connectivity index (χ1v) is 4.27. The van der Waals surface area contributed by atoms with E-state index in [0.717, 1.165) is 12.1 Å². The quantitative estimate of drug-likeness (QED) is 0.215. The highest BCUT2D eigenvalue weighted by Gasteiger charge is 2.00. The topological polar surface area (TPSA) is 41.1 Å². The van der Waals surface area contributed by atoms with Crippen molar-refractivity contribution >= 4 is 6.72 Å². The Morgan fingerprint density at radius 2 is 2.23 bits per heavy atom. The zero-order chi connectivity index (χ0) is 10.3. The average molecular weight is 180 g/mol. The molecule has 0 aliphatic carbocycles. The molecule has 0 atom stereocenters. The predicted molar refractivity (Wildman–Crippen MR) is 55.9 cm³/mol. The molecule has 0 bridgehead atoms. The zero-order valence-electron chi connectivity index (χ0n) is 8.43. The van der Waals surface area contributed by atoms with Gasteiger partial charge in [0.25, 0.3) is 0 Å². The Hall–Kier alpha value is -1.43. The molecule has 0 amide bonds. The maximum absolute atomic E-state index is 5.02. The average Bonchev–Trinajstić information content (AvgIpc) is 2.00. The second kappa shape index (κ2) is 6.13. The van der Waals surface area contributed by atoms with Gasteiger partial charge in [-0.3, -0.25) is 0 Å². The van der Waals surface area contributed by atoms with Gasteiger partial charge >= 0.3 is 0 Å². The Morgan fingerprint density at radius 3 is 2.69 bits per heavy atom. The summed E-state index contributed by atoms with van der Waals surface area (Å²) in [6, 6.07) is 4.88. The van der Waals surface area contributed by atoms with Gasteiger partial charge < -0.3 is 11.1 Å². The highest BCUT2D eigenvalue weighted by Crippen LogP contribution is 2.04. The molecule has 0 unspecified atom stereocenters. The molecule has 0 aromatic rings. The fraction of sp³-hybridized carbons (Fsp3) is 0.500.